The molecule has 1 fully saturated rings. The molecule has 1 aliphatic rings. The molecule has 1 aliphatic heterocycles. The van der Waals surface area contributed by atoms with E-state index in [0.29, 0.717) is 6.23 Å². The van der Waals surface area contributed by atoms with Gasteiger partial charge in [0.15, 0.2) is 0 Å². The van der Waals surface area contributed by atoms with Crippen LogP contribution in [0.2, 0.25) is 0 Å². The van der Waals surface area contributed by atoms with Crippen molar-refractivity contribution in [1.29, 1.82) is 0 Å². The SMILES string of the molecule is COC1CCN1. The molecule has 1 N–H and O–H groups in total. The summed E-state index contributed by atoms with van der Waals surface area (Å²) in [5, 5.41) is 3.07. The van der Waals surface area contributed by atoms with Gasteiger partial charge in [-0.25, -0.2) is 0 Å². The number of ether oxygens (including phenoxy) is 1. The molecule has 0 spiro atoms. The third kappa shape index (κ3) is 0.533. The van der Waals surface area contributed by atoms with E-state index in [-0.39, 0.29) is 0 Å². The largest absolute Gasteiger partial charge is 0.367 e. The Morgan fingerprint density at radius 3 is 2.50 bits per heavy atom. The van der Waals surface area contributed by atoms with Crippen molar-refractivity contribution < 1.29 is 4.74 Å². The lowest BCUT2D eigenvalue weighted by atomic mass is 10.2. The molecule has 6 heavy (non-hydrogen) atoms. The van der Waals surface area contributed by atoms with Crippen molar-refractivity contribution in [1.82, 2.24) is 5.32 Å². The van der Waals surface area contributed by atoms with Crippen LogP contribution in [-0.4, -0.2) is 19.9 Å². The van der Waals surface area contributed by atoms with Gasteiger partial charge in [-0.3, -0.25) is 5.32 Å². The summed E-state index contributed by atoms with van der Waals surface area (Å²) in [4.78, 5) is 0. The van der Waals surface area contributed by atoms with Gasteiger partial charge in [-0.05, 0) is 6.42 Å². The molecule has 1 atom stereocenters. The van der Waals surface area contributed by atoms with Crippen LogP contribution in [0.25, 0.3) is 0 Å². The molecule has 1 unspecified atom stereocenters. The van der Waals surface area contributed by atoms with Crippen LogP contribution in [0.1, 0.15) is 6.42 Å². The van der Waals surface area contributed by atoms with Gasteiger partial charge in [0.05, 0.1) is 0 Å². The zero-order chi connectivity index (χ0) is 4.41. The van der Waals surface area contributed by atoms with Crippen LogP contribution >= 0.6 is 0 Å². The molecule has 1 rings (SSSR count). The first kappa shape index (κ1) is 4.09. The van der Waals surface area contributed by atoms with E-state index in [1.165, 1.54) is 6.42 Å². The van der Waals surface area contributed by atoms with E-state index in [4.69, 9.17) is 4.74 Å². The molecule has 0 aromatic heterocycles. The molecule has 1 heterocycles. The number of hydrogen-bond acceptors (Lipinski definition) is 2. The summed E-state index contributed by atoms with van der Waals surface area (Å²) in [5.41, 5.74) is 0. The number of methoxy groups -OCH3 is 1. The lowest BCUT2D eigenvalue weighted by molar-refractivity contribution is 0.0233. The predicted octanol–water partition coefficient (Wildman–Crippen LogP) is -0.0478. The zero-order valence-corrected chi connectivity index (χ0v) is 3.90. The lowest BCUT2D eigenvalue weighted by Crippen LogP contribution is -2.43. The predicted molar refractivity (Wildman–Crippen MR) is 23.4 cm³/mol. The second-order valence-corrected chi connectivity index (χ2v) is 1.47. The van der Waals surface area contributed by atoms with Gasteiger partial charge in [0.2, 0.25) is 0 Å². The molecule has 0 bridgehead atoms. The van der Waals surface area contributed by atoms with Crippen molar-refractivity contribution in [3.05, 3.63) is 0 Å². The summed E-state index contributed by atoms with van der Waals surface area (Å²) < 4.78 is 4.88. The highest BCUT2D eigenvalue weighted by atomic mass is 16.5. The van der Waals surface area contributed by atoms with Crippen molar-refractivity contribution in [2.24, 2.45) is 0 Å². The van der Waals surface area contributed by atoms with Crippen molar-refractivity contribution in [3.63, 3.8) is 0 Å². The van der Waals surface area contributed by atoms with Gasteiger partial charge >= 0.3 is 0 Å². The van der Waals surface area contributed by atoms with Gasteiger partial charge < -0.3 is 4.74 Å². The molecule has 0 saturated carbocycles. The summed E-state index contributed by atoms with van der Waals surface area (Å²) in [6.07, 6.45) is 1.54. The fraction of sp³-hybridized carbons (Fsp3) is 1.00. The highest BCUT2D eigenvalue weighted by molar-refractivity contribution is 4.66. The van der Waals surface area contributed by atoms with Crippen LogP contribution in [-0.2, 0) is 4.74 Å². The maximum Gasteiger partial charge on any atom is 0.108 e. The molecular formula is C4H9NO. The summed E-state index contributed by atoms with van der Waals surface area (Å²) in [6, 6.07) is 0. The molecule has 36 valence electrons. The second-order valence-electron chi connectivity index (χ2n) is 1.47. The lowest BCUT2D eigenvalue weighted by Gasteiger charge is -2.25. The summed E-state index contributed by atoms with van der Waals surface area (Å²) in [5.74, 6) is 0. The molecule has 0 radical (unpaired) electrons. The summed E-state index contributed by atoms with van der Waals surface area (Å²) >= 11 is 0. The van der Waals surface area contributed by atoms with Crippen LogP contribution in [0.5, 0.6) is 0 Å². The Balaban J connectivity index is 2.01. The van der Waals surface area contributed by atoms with E-state index in [0.717, 1.165) is 6.54 Å². The Morgan fingerprint density at radius 1 is 1.83 bits per heavy atom. The highest BCUT2D eigenvalue weighted by Crippen LogP contribution is 1.99. The average Bonchev–Trinajstić information content (AvgIpc) is 1.31. The molecule has 0 aromatic rings. The normalized spacial score (nSPS) is 32.5. The second kappa shape index (κ2) is 1.58. The Hall–Kier alpha value is -0.0800. The highest BCUT2D eigenvalue weighted by Gasteiger charge is 2.13. The van der Waals surface area contributed by atoms with Crippen molar-refractivity contribution in [3.8, 4) is 0 Å². The third-order valence-electron chi connectivity index (χ3n) is 1.06. The van der Waals surface area contributed by atoms with Gasteiger partial charge in [-0.2, -0.15) is 0 Å². The Labute approximate surface area is 37.5 Å². The molecule has 0 aromatic carbocycles. The van der Waals surface area contributed by atoms with Crippen LogP contribution in [0.4, 0.5) is 0 Å². The van der Waals surface area contributed by atoms with E-state index in [1.807, 2.05) is 0 Å². The van der Waals surface area contributed by atoms with Crippen molar-refractivity contribution >= 4 is 0 Å². The molecule has 2 heteroatoms. The smallest absolute Gasteiger partial charge is 0.108 e. The molecule has 0 aliphatic carbocycles. The monoisotopic (exact) mass is 87.1 g/mol. The Bertz CT molecular complexity index is 40.1. The first-order chi connectivity index (χ1) is 2.93. The van der Waals surface area contributed by atoms with Crippen LogP contribution in [0.3, 0.4) is 0 Å². The maximum atomic E-state index is 4.88. The van der Waals surface area contributed by atoms with Crippen molar-refractivity contribution in [2.75, 3.05) is 13.7 Å². The fourth-order valence-corrected chi connectivity index (χ4v) is 0.463. The van der Waals surface area contributed by atoms with Gasteiger partial charge in [0.1, 0.15) is 6.23 Å². The minimum Gasteiger partial charge on any atom is -0.367 e. The standard InChI is InChI=1S/C4H9NO/c1-6-4-2-3-5-4/h4-5H,2-3H2,1H3. The first-order valence-electron chi connectivity index (χ1n) is 2.19. The van der Waals surface area contributed by atoms with Crippen LogP contribution in [0, 0.1) is 0 Å². The summed E-state index contributed by atoms with van der Waals surface area (Å²) in [6.45, 7) is 1.12. The quantitative estimate of drug-likeness (QED) is 0.484. The van der Waals surface area contributed by atoms with E-state index in [9.17, 15) is 0 Å². The summed E-state index contributed by atoms with van der Waals surface area (Å²) in [7, 11) is 1.72. The third-order valence-corrected chi connectivity index (χ3v) is 1.06. The molecular weight excluding hydrogens is 78.0 g/mol. The molecule has 1 saturated heterocycles. The van der Waals surface area contributed by atoms with Gasteiger partial charge in [-0.1, -0.05) is 0 Å². The topological polar surface area (TPSA) is 21.3 Å². The Kier molecular flexibility index (Phi) is 1.08. The van der Waals surface area contributed by atoms with Crippen LogP contribution in [0.15, 0.2) is 0 Å². The Morgan fingerprint density at radius 2 is 2.50 bits per heavy atom. The number of nitrogens with one attached hydrogen (secondary N) is 1. The van der Waals surface area contributed by atoms with E-state index >= 15 is 0 Å². The van der Waals surface area contributed by atoms with Gasteiger partial charge in [0, 0.05) is 13.7 Å². The van der Waals surface area contributed by atoms with Crippen molar-refractivity contribution in [2.45, 2.75) is 12.6 Å². The zero-order valence-electron chi connectivity index (χ0n) is 3.90. The minimum absolute atomic E-state index is 0.366. The van der Waals surface area contributed by atoms with Gasteiger partial charge in [-0.15, -0.1) is 0 Å². The van der Waals surface area contributed by atoms with E-state index in [2.05, 4.69) is 5.32 Å². The fourth-order valence-electron chi connectivity index (χ4n) is 0.463. The average molecular weight is 87.1 g/mol. The van der Waals surface area contributed by atoms with E-state index in [1.54, 1.807) is 7.11 Å². The minimum atomic E-state index is 0.366. The van der Waals surface area contributed by atoms with Gasteiger partial charge in [0.25, 0.3) is 0 Å². The first-order valence-corrected chi connectivity index (χ1v) is 2.19. The van der Waals surface area contributed by atoms with E-state index < -0.39 is 0 Å². The number of hydrogen-bond donors (Lipinski definition) is 1. The molecule has 0 amide bonds. The maximum absolute atomic E-state index is 4.88. The molecule has 2 nitrogen and oxygen atoms in total. The van der Waals surface area contributed by atoms with Crippen LogP contribution < -0.4 is 5.32 Å². The number of rotatable bonds is 1.